The molecule has 1 aromatic heterocycles. The van der Waals surface area contributed by atoms with Gasteiger partial charge in [-0.3, -0.25) is 4.79 Å². The van der Waals surface area contributed by atoms with Crippen LogP contribution in [0.5, 0.6) is 5.75 Å². The van der Waals surface area contributed by atoms with E-state index in [9.17, 15) is 18.0 Å². The molecule has 0 bridgehead atoms. The van der Waals surface area contributed by atoms with Gasteiger partial charge >= 0.3 is 6.36 Å². The number of hydrogen-bond acceptors (Lipinski definition) is 5. The fourth-order valence-electron chi connectivity index (χ4n) is 1.58. The molecule has 5 nitrogen and oxygen atoms in total. The van der Waals surface area contributed by atoms with Gasteiger partial charge in [-0.15, -0.1) is 25.6 Å². The number of benzene rings is 1. The maximum Gasteiger partial charge on any atom is 0.573 e. The lowest BCUT2D eigenvalue weighted by molar-refractivity contribution is -0.274. The summed E-state index contributed by atoms with van der Waals surface area (Å²) in [4.78, 5) is 15.7. The van der Waals surface area contributed by atoms with Crippen molar-refractivity contribution in [3.05, 3.63) is 18.2 Å². The lowest BCUT2D eigenvalue weighted by atomic mass is 10.3. The van der Waals surface area contributed by atoms with Crippen LogP contribution in [-0.4, -0.2) is 30.8 Å². The Hall–Kier alpha value is -1.58. The van der Waals surface area contributed by atoms with E-state index in [1.54, 1.807) is 7.05 Å². The number of ether oxygens (including phenoxy) is 1. The summed E-state index contributed by atoms with van der Waals surface area (Å²) in [7, 11) is 1.73. The second-order valence-electron chi connectivity index (χ2n) is 4.10. The first-order chi connectivity index (χ1) is 9.87. The van der Waals surface area contributed by atoms with Crippen molar-refractivity contribution < 1.29 is 22.7 Å². The fraction of sp³-hybridized carbons (Fsp3) is 0.333. The summed E-state index contributed by atoms with van der Waals surface area (Å²) in [5.74, 6) is -0.526. The number of anilines is 1. The quantitative estimate of drug-likeness (QED) is 0.864. The molecule has 2 N–H and O–H groups in total. The topological polar surface area (TPSA) is 63.2 Å². The zero-order valence-electron chi connectivity index (χ0n) is 11.4. The second kappa shape index (κ2) is 7.61. The van der Waals surface area contributed by atoms with Crippen molar-refractivity contribution in [1.82, 2.24) is 10.3 Å². The number of nitrogens with one attached hydrogen (secondary N) is 2. The van der Waals surface area contributed by atoms with Crippen molar-refractivity contribution in [3.63, 3.8) is 0 Å². The SMILES string of the molecule is CNCCC(=O)Nc1nc2ccc(OC(F)(F)F)cc2s1.Cl. The Morgan fingerprint density at radius 2 is 2.14 bits per heavy atom. The predicted octanol–water partition coefficient (Wildman–Crippen LogP) is 3.16. The zero-order valence-corrected chi connectivity index (χ0v) is 13.0. The number of aromatic nitrogens is 1. The molecule has 10 heteroatoms. The first-order valence-electron chi connectivity index (χ1n) is 5.98. The number of amides is 1. The number of hydrogen-bond donors (Lipinski definition) is 2. The van der Waals surface area contributed by atoms with E-state index in [4.69, 9.17) is 0 Å². The van der Waals surface area contributed by atoms with Gasteiger partial charge in [0.05, 0.1) is 10.2 Å². The van der Waals surface area contributed by atoms with E-state index in [0.29, 0.717) is 21.9 Å². The molecule has 0 aliphatic rings. The minimum Gasteiger partial charge on any atom is -0.406 e. The monoisotopic (exact) mass is 355 g/mol. The molecule has 0 radical (unpaired) electrons. The summed E-state index contributed by atoms with van der Waals surface area (Å²) >= 11 is 1.09. The Labute approximate surface area is 134 Å². The molecule has 1 amide bonds. The predicted molar refractivity (Wildman–Crippen MR) is 80.7 cm³/mol. The third-order valence-electron chi connectivity index (χ3n) is 2.44. The third-order valence-corrected chi connectivity index (χ3v) is 3.38. The van der Waals surface area contributed by atoms with Crippen LogP contribution in [0.1, 0.15) is 6.42 Å². The summed E-state index contributed by atoms with van der Waals surface area (Å²) in [5.41, 5.74) is 0.499. The summed E-state index contributed by atoms with van der Waals surface area (Å²) in [5, 5.41) is 5.78. The minimum atomic E-state index is -4.73. The summed E-state index contributed by atoms with van der Waals surface area (Å²) in [6, 6.07) is 3.84. The Morgan fingerprint density at radius 1 is 1.41 bits per heavy atom. The maximum absolute atomic E-state index is 12.1. The van der Waals surface area contributed by atoms with Crippen LogP contribution in [0.15, 0.2) is 18.2 Å². The first-order valence-corrected chi connectivity index (χ1v) is 6.80. The molecule has 0 unspecified atom stereocenters. The Morgan fingerprint density at radius 3 is 2.77 bits per heavy atom. The fourth-order valence-corrected chi connectivity index (χ4v) is 2.49. The summed E-state index contributed by atoms with van der Waals surface area (Å²) < 4.78 is 40.8. The van der Waals surface area contributed by atoms with Gasteiger partial charge in [0.15, 0.2) is 5.13 Å². The summed E-state index contributed by atoms with van der Waals surface area (Å²) in [6.07, 6.45) is -4.45. The number of rotatable bonds is 5. The van der Waals surface area contributed by atoms with Gasteiger partial charge in [0.2, 0.25) is 5.91 Å². The highest BCUT2D eigenvalue weighted by atomic mass is 35.5. The number of carbonyl (C=O) groups excluding carboxylic acids is 1. The van der Waals surface area contributed by atoms with Crippen LogP contribution >= 0.6 is 23.7 Å². The minimum absolute atomic E-state index is 0. The van der Waals surface area contributed by atoms with Gasteiger partial charge in [-0.2, -0.15) is 0 Å². The van der Waals surface area contributed by atoms with Gasteiger partial charge in [0, 0.05) is 19.0 Å². The normalized spacial score (nSPS) is 11.1. The maximum atomic E-state index is 12.1. The number of nitrogens with zero attached hydrogens (tertiary/aromatic N) is 1. The highest BCUT2D eigenvalue weighted by Gasteiger charge is 2.31. The highest BCUT2D eigenvalue weighted by molar-refractivity contribution is 7.22. The Balaban J connectivity index is 0.00000242. The van der Waals surface area contributed by atoms with Crippen LogP contribution in [0, 0.1) is 0 Å². The molecule has 0 saturated carbocycles. The lowest BCUT2D eigenvalue weighted by Crippen LogP contribution is -2.18. The molecular formula is C12H13ClF3N3O2S. The highest BCUT2D eigenvalue weighted by Crippen LogP contribution is 2.31. The zero-order chi connectivity index (χ0) is 15.5. The number of carbonyl (C=O) groups is 1. The molecule has 0 atom stereocenters. The van der Waals surface area contributed by atoms with E-state index in [2.05, 4.69) is 20.4 Å². The smallest absolute Gasteiger partial charge is 0.406 e. The second-order valence-corrected chi connectivity index (χ2v) is 5.13. The van der Waals surface area contributed by atoms with Gasteiger partial charge in [-0.1, -0.05) is 11.3 Å². The number of halogens is 4. The molecule has 1 heterocycles. The number of thiazole rings is 1. The molecular weight excluding hydrogens is 343 g/mol. The van der Waals surface area contributed by atoms with Gasteiger partial charge in [0.1, 0.15) is 5.75 Å². The lowest BCUT2D eigenvalue weighted by Gasteiger charge is -2.07. The first kappa shape index (κ1) is 18.5. The van der Waals surface area contributed by atoms with Gasteiger partial charge in [-0.05, 0) is 19.2 Å². The van der Waals surface area contributed by atoms with Gasteiger partial charge in [-0.25, -0.2) is 4.98 Å². The van der Waals surface area contributed by atoms with Crippen LogP contribution in [0.3, 0.4) is 0 Å². The molecule has 2 rings (SSSR count). The Kier molecular flexibility index (Phi) is 6.39. The average molecular weight is 356 g/mol. The third kappa shape index (κ3) is 5.32. The van der Waals surface area contributed by atoms with Crippen molar-refractivity contribution >= 4 is 45.0 Å². The van der Waals surface area contributed by atoms with Gasteiger partial charge in [0.25, 0.3) is 0 Å². The molecule has 0 aliphatic carbocycles. The molecule has 0 spiro atoms. The van der Waals surface area contributed by atoms with Crippen LogP contribution in [-0.2, 0) is 4.79 Å². The van der Waals surface area contributed by atoms with Crippen LogP contribution < -0.4 is 15.4 Å². The molecule has 0 saturated heterocycles. The van der Waals surface area contributed by atoms with Crippen molar-refractivity contribution in [2.75, 3.05) is 18.9 Å². The van der Waals surface area contributed by atoms with E-state index in [0.717, 1.165) is 11.3 Å². The number of fused-ring (bicyclic) bond motifs is 1. The molecule has 122 valence electrons. The van der Waals surface area contributed by atoms with E-state index in [1.165, 1.54) is 18.2 Å². The van der Waals surface area contributed by atoms with E-state index in [-0.39, 0.29) is 30.5 Å². The van der Waals surface area contributed by atoms with Crippen LogP contribution in [0.25, 0.3) is 10.2 Å². The Bertz CT molecular complexity index is 648. The van der Waals surface area contributed by atoms with Crippen LogP contribution in [0.4, 0.5) is 18.3 Å². The largest absolute Gasteiger partial charge is 0.573 e. The van der Waals surface area contributed by atoms with E-state index in [1.807, 2.05) is 0 Å². The van der Waals surface area contributed by atoms with Crippen molar-refractivity contribution in [1.29, 1.82) is 0 Å². The van der Waals surface area contributed by atoms with Crippen molar-refractivity contribution in [3.8, 4) is 5.75 Å². The molecule has 1 aromatic carbocycles. The van der Waals surface area contributed by atoms with Crippen molar-refractivity contribution in [2.45, 2.75) is 12.8 Å². The van der Waals surface area contributed by atoms with Crippen LogP contribution in [0.2, 0.25) is 0 Å². The molecule has 2 aromatic rings. The number of alkyl halides is 3. The van der Waals surface area contributed by atoms with E-state index < -0.39 is 6.36 Å². The molecule has 0 fully saturated rings. The standard InChI is InChI=1S/C12H12F3N3O2S.ClH/c1-16-5-4-10(19)18-11-17-8-3-2-7(6-9(8)21-11)20-12(13,14)15;/h2-3,6,16H,4-5H2,1H3,(H,17,18,19);1H. The molecule has 22 heavy (non-hydrogen) atoms. The van der Waals surface area contributed by atoms with Crippen molar-refractivity contribution in [2.24, 2.45) is 0 Å². The molecule has 0 aliphatic heterocycles. The summed E-state index contributed by atoms with van der Waals surface area (Å²) in [6.45, 7) is 0.528. The van der Waals surface area contributed by atoms with Gasteiger partial charge < -0.3 is 15.4 Å². The van der Waals surface area contributed by atoms with E-state index >= 15 is 0 Å². The average Bonchev–Trinajstić information content (AvgIpc) is 2.75.